The van der Waals surface area contributed by atoms with E-state index in [1.165, 1.54) is 6.07 Å². The molecule has 16 heavy (non-hydrogen) atoms. The quantitative estimate of drug-likeness (QED) is 0.901. The highest BCUT2D eigenvalue weighted by molar-refractivity contribution is 9.10. The highest BCUT2D eigenvalue weighted by Gasteiger charge is 2.15. The number of carbonyl (C=O) groups excluding carboxylic acids is 1. The minimum atomic E-state index is -0.462. The molecule has 6 heteroatoms. The number of benzene rings is 1. The van der Waals surface area contributed by atoms with Crippen molar-refractivity contribution in [2.24, 2.45) is 0 Å². The zero-order chi connectivity index (χ0) is 12.3. The fourth-order valence-corrected chi connectivity index (χ4v) is 1.92. The highest BCUT2D eigenvalue weighted by atomic mass is 79.9. The van der Waals surface area contributed by atoms with Crippen molar-refractivity contribution in [3.8, 4) is 0 Å². The van der Waals surface area contributed by atoms with Gasteiger partial charge >= 0.3 is 0 Å². The van der Waals surface area contributed by atoms with Gasteiger partial charge in [-0.1, -0.05) is 11.6 Å². The predicted octanol–water partition coefficient (Wildman–Crippen LogP) is 2.79. The fourth-order valence-electron chi connectivity index (χ4n) is 1.02. The second kappa shape index (κ2) is 5.61. The number of anilines is 1. The van der Waals surface area contributed by atoms with Crippen LogP contribution >= 0.6 is 27.5 Å². The van der Waals surface area contributed by atoms with Crippen LogP contribution in [0.2, 0.25) is 5.02 Å². The summed E-state index contributed by atoms with van der Waals surface area (Å²) in [5.41, 5.74) is 0.371. The van der Waals surface area contributed by atoms with Crippen LogP contribution in [0.5, 0.6) is 0 Å². The standard InChI is InChI=1S/C10H11BrClFN2O/c1-5(14-2)10(16)15-9-7(11)3-6(13)4-8(9)12/h3-5,14H,1-2H3,(H,15,16). The average Bonchev–Trinajstić information content (AvgIpc) is 2.21. The van der Waals surface area contributed by atoms with E-state index in [2.05, 4.69) is 26.6 Å². The van der Waals surface area contributed by atoms with E-state index >= 15 is 0 Å². The van der Waals surface area contributed by atoms with Gasteiger partial charge in [0, 0.05) is 4.47 Å². The molecule has 0 radical (unpaired) electrons. The molecule has 1 unspecified atom stereocenters. The molecule has 0 spiro atoms. The summed E-state index contributed by atoms with van der Waals surface area (Å²) in [6.45, 7) is 1.71. The first-order valence-corrected chi connectivity index (χ1v) is 5.75. The first-order valence-electron chi connectivity index (χ1n) is 4.58. The summed E-state index contributed by atoms with van der Waals surface area (Å²) in [5.74, 6) is -0.701. The molecule has 1 amide bonds. The molecule has 1 aromatic rings. The molecule has 1 aromatic carbocycles. The second-order valence-corrected chi connectivity index (χ2v) is 4.51. The molecular formula is C10H11BrClFN2O. The summed E-state index contributed by atoms with van der Waals surface area (Å²) in [4.78, 5) is 11.6. The Labute approximate surface area is 106 Å². The van der Waals surface area contributed by atoms with Crippen molar-refractivity contribution in [1.82, 2.24) is 5.32 Å². The summed E-state index contributed by atoms with van der Waals surface area (Å²) in [6, 6.07) is 2.03. The van der Waals surface area contributed by atoms with Gasteiger partial charge in [0.25, 0.3) is 0 Å². The Morgan fingerprint density at radius 2 is 2.19 bits per heavy atom. The van der Waals surface area contributed by atoms with Gasteiger partial charge in [-0.2, -0.15) is 0 Å². The van der Waals surface area contributed by atoms with Crippen LogP contribution in [0.15, 0.2) is 16.6 Å². The Morgan fingerprint density at radius 1 is 1.56 bits per heavy atom. The Hall–Kier alpha value is -0.650. The molecule has 0 saturated heterocycles. The number of carbonyl (C=O) groups is 1. The van der Waals surface area contributed by atoms with Crippen LogP contribution in [-0.2, 0) is 4.79 Å². The molecule has 1 rings (SSSR count). The van der Waals surface area contributed by atoms with Crippen LogP contribution in [0, 0.1) is 5.82 Å². The highest BCUT2D eigenvalue weighted by Crippen LogP contribution is 2.31. The van der Waals surface area contributed by atoms with E-state index in [9.17, 15) is 9.18 Å². The molecule has 2 N–H and O–H groups in total. The van der Waals surface area contributed by atoms with E-state index in [1.54, 1.807) is 14.0 Å². The molecule has 0 aliphatic carbocycles. The molecule has 0 saturated carbocycles. The third kappa shape index (κ3) is 3.17. The lowest BCUT2D eigenvalue weighted by Crippen LogP contribution is -2.35. The SMILES string of the molecule is CNC(C)C(=O)Nc1c(Cl)cc(F)cc1Br. The van der Waals surface area contributed by atoms with Gasteiger partial charge in [-0.3, -0.25) is 4.79 Å². The lowest BCUT2D eigenvalue weighted by molar-refractivity contribution is -0.117. The van der Waals surface area contributed by atoms with E-state index in [1.807, 2.05) is 0 Å². The zero-order valence-corrected chi connectivity index (χ0v) is 11.1. The molecule has 0 aliphatic heterocycles. The first kappa shape index (κ1) is 13.4. The van der Waals surface area contributed by atoms with Crippen LogP contribution < -0.4 is 10.6 Å². The molecule has 0 heterocycles. The van der Waals surface area contributed by atoms with Crippen molar-refractivity contribution in [2.75, 3.05) is 12.4 Å². The lowest BCUT2D eigenvalue weighted by Gasteiger charge is -2.13. The van der Waals surface area contributed by atoms with Gasteiger partial charge in [-0.15, -0.1) is 0 Å². The first-order chi connectivity index (χ1) is 7.45. The lowest BCUT2D eigenvalue weighted by atomic mass is 10.2. The Balaban J connectivity index is 2.93. The number of halogens is 3. The van der Waals surface area contributed by atoms with E-state index in [-0.39, 0.29) is 17.0 Å². The number of amides is 1. The largest absolute Gasteiger partial charge is 0.322 e. The Kier molecular flexibility index (Phi) is 4.70. The third-order valence-corrected chi connectivity index (χ3v) is 3.00. The van der Waals surface area contributed by atoms with E-state index in [0.717, 1.165) is 6.07 Å². The average molecular weight is 310 g/mol. The van der Waals surface area contributed by atoms with Crippen LogP contribution in [0.25, 0.3) is 0 Å². The van der Waals surface area contributed by atoms with Gasteiger partial charge in [0.05, 0.1) is 16.8 Å². The van der Waals surface area contributed by atoms with Crippen LogP contribution in [-0.4, -0.2) is 19.0 Å². The smallest absolute Gasteiger partial charge is 0.241 e. The minimum absolute atomic E-state index is 0.156. The van der Waals surface area contributed by atoms with Crippen molar-refractivity contribution in [3.05, 3.63) is 27.4 Å². The number of hydrogen-bond donors (Lipinski definition) is 2. The van der Waals surface area contributed by atoms with Crippen LogP contribution in [0.1, 0.15) is 6.92 Å². The molecule has 0 aliphatic rings. The molecule has 0 aromatic heterocycles. The molecule has 88 valence electrons. The monoisotopic (exact) mass is 308 g/mol. The summed E-state index contributed by atoms with van der Waals surface area (Å²) in [7, 11) is 1.67. The number of nitrogens with one attached hydrogen (secondary N) is 2. The summed E-state index contributed by atoms with van der Waals surface area (Å²) in [5, 5.41) is 5.56. The van der Waals surface area contributed by atoms with Crippen LogP contribution in [0.3, 0.4) is 0 Å². The van der Waals surface area contributed by atoms with E-state index in [4.69, 9.17) is 11.6 Å². The van der Waals surface area contributed by atoms with E-state index in [0.29, 0.717) is 10.2 Å². The minimum Gasteiger partial charge on any atom is -0.322 e. The van der Waals surface area contributed by atoms with Gasteiger partial charge in [0.2, 0.25) is 5.91 Å². The summed E-state index contributed by atoms with van der Waals surface area (Å²) < 4.78 is 13.3. The van der Waals surface area contributed by atoms with Gasteiger partial charge in [0.15, 0.2) is 0 Å². The maximum atomic E-state index is 12.9. The maximum absolute atomic E-state index is 12.9. The van der Waals surface area contributed by atoms with Crippen molar-refractivity contribution >= 4 is 39.1 Å². The molecule has 0 fully saturated rings. The Bertz CT molecular complexity index is 391. The van der Waals surface area contributed by atoms with Crippen molar-refractivity contribution < 1.29 is 9.18 Å². The predicted molar refractivity (Wildman–Crippen MR) is 66.3 cm³/mol. The topological polar surface area (TPSA) is 41.1 Å². The van der Waals surface area contributed by atoms with Gasteiger partial charge in [0.1, 0.15) is 5.82 Å². The van der Waals surface area contributed by atoms with Crippen molar-refractivity contribution in [1.29, 1.82) is 0 Å². The Morgan fingerprint density at radius 3 is 2.69 bits per heavy atom. The van der Waals surface area contributed by atoms with Gasteiger partial charge < -0.3 is 10.6 Å². The summed E-state index contributed by atoms with van der Waals surface area (Å²) in [6.07, 6.45) is 0. The van der Waals surface area contributed by atoms with Crippen molar-refractivity contribution in [2.45, 2.75) is 13.0 Å². The fraction of sp³-hybridized carbons (Fsp3) is 0.300. The van der Waals surface area contributed by atoms with Gasteiger partial charge in [-0.05, 0) is 42.0 Å². The van der Waals surface area contributed by atoms with E-state index < -0.39 is 5.82 Å². The maximum Gasteiger partial charge on any atom is 0.241 e. The number of hydrogen-bond acceptors (Lipinski definition) is 2. The summed E-state index contributed by atoms with van der Waals surface area (Å²) >= 11 is 8.96. The third-order valence-electron chi connectivity index (χ3n) is 2.08. The molecule has 1 atom stereocenters. The number of rotatable bonds is 3. The number of likely N-dealkylation sites (N-methyl/N-ethyl adjacent to an activating group) is 1. The normalized spacial score (nSPS) is 12.3. The van der Waals surface area contributed by atoms with Gasteiger partial charge in [-0.25, -0.2) is 4.39 Å². The van der Waals surface area contributed by atoms with Crippen molar-refractivity contribution in [3.63, 3.8) is 0 Å². The van der Waals surface area contributed by atoms with Crippen LogP contribution in [0.4, 0.5) is 10.1 Å². The molecule has 3 nitrogen and oxygen atoms in total. The molecule has 0 bridgehead atoms. The molecular weight excluding hydrogens is 298 g/mol. The zero-order valence-electron chi connectivity index (χ0n) is 8.77. The second-order valence-electron chi connectivity index (χ2n) is 3.24.